The van der Waals surface area contributed by atoms with Gasteiger partial charge in [-0.05, 0) is 43.4 Å². The maximum absolute atomic E-state index is 6.30. The summed E-state index contributed by atoms with van der Waals surface area (Å²) in [6.45, 7) is 9.06. The number of benzene rings is 1. The van der Waals surface area contributed by atoms with Crippen molar-refractivity contribution in [2.45, 2.75) is 47.0 Å². The minimum absolute atomic E-state index is 0.668. The summed E-state index contributed by atoms with van der Waals surface area (Å²) in [5.74, 6) is 0.898. The van der Waals surface area contributed by atoms with Crippen LogP contribution in [0.15, 0.2) is 6.07 Å². The maximum Gasteiger partial charge on any atom is 0.141 e. The first-order valence-corrected chi connectivity index (χ1v) is 6.47. The molecule has 0 aliphatic heterocycles. The van der Waals surface area contributed by atoms with E-state index in [0.29, 0.717) is 6.61 Å². The number of hydrogen-bond acceptors (Lipinski definition) is 1. The summed E-state index contributed by atoms with van der Waals surface area (Å²) in [5.41, 5.74) is 3.78. The lowest BCUT2D eigenvalue weighted by molar-refractivity contribution is 0.336. The Morgan fingerprint density at radius 1 is 1.25 bits per heavy atom. The van der Waals surface area contributed by atoms with Crippen LogP contribution in [0.5, 0.6) is 5.75 Å². The normalized spacial score (nSPS) is 10.6. The highest BCUT2D eigenvalue weighted by Crippen LogP contribution is 2.35. The summed E-state index contributed by atoms with van der Waals surface area (Å²) in [4.78, 5) is 0. The lowest BCUT2D eigenvalue weighted by Gasteiger charge is -2.17. The van der Waals surface area contributed by atoms with Crippen molar-refractivity contribution < 1.29 is 4.74 Å². The third kappa shape index (κ3) is 2.70. The zero-order chi connectivity index (χ0) is 12.1. The fraction of sp³-hybridized carbons (Fsp3) is 0.571. The third-order valence-corrected chi connectivity index (χ3v) is 3.23. The van der Waals surface area contributed by atoms with Crippen molar-refractivity contribution in [1.82, 2.24) is 0 Å². The van der Waals surface area contributed by atoms with Gasteiger partial charge < -0.3 is 4.74 Å². The highest BCUT2D eigenvalue weighted by molar-refractivity contribution is 6.33. The standard InChI is InChI=1S/C14H21ClO/c1-5-8-11-9-10(4)13(15)14(16-7-3)12(11)6-2/h9H,5-8H2,1-4H3. The number of rotatable bonds is 5. The van der Waals surface area contributed by atoms with Gasteiger partial charge >= 0.3 is 0 Å². The average Bonchev–Trinajstić information content (AvgIpc) is 2.26. The predicted octanol–water partition coefficient (Wildman–Crippen LogP) is 4.56. The Hall–Kier alpha value is -0.690. The molecule has 0 N–H and O–H groups in total. The largest absolute Gasteiger partial charge is 0.492 e. The molecule has 0 atom stereocenters. The zero-order valence-electron chi connectivity index (χ0n) is 10.7. The van der Waals surface area contributed by atoms with Crippen LogP contribution in [0.25, 0.3) is 0 Å². The Bertz CT molecular complexity index is 358. The molecule has 0 aliphatic rings. The molecule has 0 radical (unpaired) electrons. The van der Waals surface area contributed by atoms with Crippen LogP contribution in [-0.2, 0) is 12.8 Å². The maximum atomic E-state index is 6.30. The fourth-order valence-corrected chi connectivity index (χ4v) is 2.27. The Kier molecular flexibility index (Phi) is 5.14. The van der Waals surface area contributed by atoms with E-state index in [1.165, 1.54) is 11.1 Å². The van der Waals surface area contributed by atoms with E-state index in [2.05, 4.69) is 19.9 Å². The summed E-state index contributed by atoms with van der Waals surface area (Å²) in [6, 6.07) is 2.20. The van der Waals surface area contributed by atoms with Crippen molar-refractivity contribution >= 4 is 11.6 Å². The minimum Gasteiger partial charge on any atom is -0.492 e. The quantitative estimate of drug-likeness (QED) is 0.733. The van der Waals surface area contributed by atoms with E-state index in [1.807, 2.05) is 13.8 Å². The van der Waals surface area contributed by atoms with E-state index in [0.717, 1.165) is 35.6 Å². The van der Waals surface area contributed by atoms with Gasteiger partial charge in [-0.2, -0.15) is 0 Å². The van der Waals surface area contributed by atoms with Crippen LogP contribution in [0.3, 0.4) is 0 Å². The smallest absolute Gasteiger partial charge is 0.141 e. The lowest BCUT2D eigenvalue weighted by Crippen LogP contribution is -2.02. The van der Waals surface area contributed by atoms with Gasteiger partial charge in [-0.3, -0.25) is 0 Å². The van der Waals surface area contributed by atoms with Crippen LogP contribution in [0, 0.1) is 6.92 Å². The second kappa shape index (κ2) is 6.15. The molecule has 1 aromatic rings. The monoisotopic (exact) mass is 240 g/mol. The van der Waals surface area contributed by atoms with Crippen molar-refractivity contribution in [3.8, 4) is 5.75 Å². The van der Waals surface area contributed by atoms with Gasteiger partial charge in [-0.1, -0.05) is 37.9 Å². The molecule has 0 saturated carbocycles. The predicted molar refractivity (Wildman–Crippen MR) is 70.7 cm³/mol. The van der Waals surface area contributed by atoms with Crippen molar-refractivity contribution in [2.75, 3.05) is 6.61 Å². The molecule has 1 rings (SSSR count). The van der Waals surface area contributed by atoms with E-state index in [9.17, 15) is 0 Å². The number of halogens is 1. The first-order valence-electron chi connectivity index (χ1n) is 6.09. The molecule has 0 amide bonds. The van der Waals surface area contributed by atoms with Gasteiger partial charge in [0.1, 0.15) is 5.75 Å². The molecule has 0 heterocycles. The average molecular weight is 241 g/mol. The Morgan fingerprint density at radius 2 is 1.94 bits per heavy atom. The Labute approximate surface area is 104 Å². The van der Waals surface area contributed by atoms with Crippen LogP contribution < -0.4 is 4.74 Å². The van der Waals surface area contributed by atoms with Gasteiger partial charge in [0.05, 0.1) is 11.6 Å². The SMILES string of the molecule is CCCc1cc(C)c(Cl)c(OCC)c1CC. The topological polar surface area (TPSA) is 9.23 Å². The minimum atomic E-state index is 0.668. The van der Waals surface area contributed by atoms with Gasteiger partial charge in [0.15, 0.2) is 0 Å². The van der Waals surface area contributed by atoms with Crippen molar-refractivity contribution in [3.63, 3.8) is 0 Å². The van der Waals surface area contributed by atoms with Crippen molar-refractivity contribution in [3.05, 3.63) is 27.8 Å². The molecule has 2 heteroatoms. The summed E-state index contributed by atoms with van der Waals surface area (Å²) in [6.07, 6.45) is 3.23. The fourth-order valence-electron chi connectivity index (χ4n) is 2.04. The van der Waals surface area contributed by atoms with Crippen LogP contribution in [-0.4, -0.2) is 6.61 Å². The molecule has 0 spiro atoms. The Morgan fingerprint density at radius 3 is 2.44 bits per heavy atom. The molecule has 0 bridgehead atoms. The van der Waals surface area contributed by atoms with Gasteiger partial charge in [0.25, 0.3) is 0 Å². The molecule has 0 aliphatic carbocycles. The van der Waals surface area contributed by atoms with E-state index in [-0.39, 0.29) is 0 Å². The molecular weight excluding hydrogens is 220 g/mol. The summed E-state index contributed by atoms with van der Waals surface area (Å²) in [7, 11) is 0. The van der Waals surface area contributed by atoms with Gasteiger partial charge in [0, 0.05) is 0 Å². The first-order chi connectivity index (χ1) is 7.65. The van der Waals surface area contributed by atoms with E-state index < -0.39 is 0 Å². The third-order valence-electron chi connectivity index (χ3n) is 2.76. The molecular formula is C14H21ClO. The second-order valence-electron chi connectivity index (χ2n) is 4.01. The highest BCUT2D eigenvalue weighted by atomic mass is 35.5. The van der Waals surface area contributed by atoms with Crippen LogP contribution >= 0.6 is 11.6 Å². The van der Waals surface area contributed by atoms with Crippen LogP contribution in [0.1, 0.15) is 43.9 Å². The Balaban J connectivity index is 3.30. The van der Waals surface area contributed by atoms with Crippen LogP contribution in [0.4, 0.5) is 0 Å². The summed E-state index contributed by atoms with van der Waals surface area (Å²) >= 11 is 6.30. The van der Waals surface area contributed by atoms with E-state index in [4.69, 9.17) is 16.3 Å². The molecule has 0 aromatic heterocycles. The van der Waals surface area contributed by atoms with E-state index in [1.54, 1.807) is 0 Å². The van der Waals surface area contributed by atoms with Gasteiger partial charge in [-0.15, -0.1) is 0 Å². The van der Waals surface area contributed by atoms with E-state index >= 15 is 0 Å². The molecule has 0 fully saturated rings. The number of ether oxygens (including phenoxy) is 1. The number of hydrogen-bond donors (Lipinski definition) is 0. The molecule has 0 saturated heterocycles. The highest BCUT2D eigenvalue weighted by Gasteiger charge is 2.14. The summed E-state index contributed by atoms with van der Waals surface area (Å²) < 4.78 is 5.69. The van der Waals surface area contributed by atoms with Crippen molar-refractivity contribution in [2.24, 2.45) is 0 Å². The van der Waals surface area contributed by atoms with Gasteiger partial charge in [0.2, 0.25) is 0 Å². The second-order valence-corrected chi connectivity index (χ2v) is 4.39. The molecule has 0 unspecified atom stereocenters. The molecule has 1 nitrogen and oxygen atoms in total. The first kappa shape index (κ1) is 13.4. The van der Waals surface area contributed by atoms with Crippen molar-refractivity contribution in [1.29, 1.82) is 0 Å². The van der Waals surface area contributed by atoms with Crippen LogP contribution in [0.2, 0.25) is 5.02 Å². The molecule has 90 valence electrons. The lowest BCUT2D eigenvalue weighted by atomic mass is 9.97. The molecule has 16 heavy (non-hydrogen) atoms. The molecule has 1 aromatic carbocycles. The number of aryl methyl sites for hydroxylation is 2. The zero-order valence-corrected chi connectivity index (χ0v) is 11.4. The van der Waals surface area contributed by atoms with Gasteiger partial charge in [-0.25, -0.2) is 0 Å². The summed E-state index contributed by atoms with van der Waals surface area (Å²) in [5, 5.41) is 0.776.